The van der Waals surface area contributed by atoms with E-state index in [-0.39, 0.29) is 23.1 Å². The highest BCUT2D eigenvalue weighted by Crippen LogP contribution is 2.39. The van der Waals surface area contributed by atoms with Crippen LogP contribution in [0, 0.1) is 0 Å². The summed E-state index contributed by atoms with van der Waals surface area (Å²) in [5, 5.41) is 15.5. The number of aliphatic hydroxyl groups is 1. The van der Waals surface area contributed by atoms with Crippen LogP contribution in [0.3, 0.4) is 0 Å². The first-order valence-electron chi connectivity index (χ1n) is 9.58. The highest BCUT2D eigenvalue weighted by atomic mass is 32.1. The summed E-state index contributed by atoms with van der Waals surface area (Å²) < 4.78 is 7.71. The lowest BCUT2D eigenvalue weighted by Crippen LogP contribution is -2.63. The molecule has 2 aromatic heterocycles. The molecular weight excluding hydrogens is 380 g/mol. The third-order valence-corrected chi connectivity index (χ3v) is 6.63. The van der Waals surface area contributed by atoms with E-state index in [4.69, 9.17) is 4.74 Å². The Balaban J connectivity index is 1.39. The van der Waals surface area contributed by atoms with Crippen molar-refractivity contribution >= 4 is 22.2 Å². The van der Waals surface area contributed by atoms with Gasteiger partial charge in [0.25, 0.3) is 5.56 Å². The van der Waals surface area contributed by atoms with Gasteiger partial charge in [-0.15, -0.1) is 11.3 Å². The molecule has 0 aromatic carbocycles. The second-order valence-corrected chi connectivity index (χ2v) is 9.07. The van der Waals surface area contributed by atoms with E-state index in [9.17, 15) is 14.7 Å². The largest absolute Gasteiger partial charge is 0.388 e. The van der Waals surface area contributed by atoms with Crippen molar-refractivity contribution in [1.82, 2.24) is 19.6 Å². The van der Waals surface area contributed by atoms with Crippen molar-refractivity contribution in [2.24, 2.45) is 0 Å². The number of thiazole rings is 1. The molecule has 2 aliphatic rings. The second-order valence-electron chi connectivity index (χ2n) is 8.20. The topological polar surface area (TPSA) is 96.2 Å². The molecule has 2 aliphatic heterocycles. The van der Waals surface area contributed by atoms with Crippen molar-refractivity contribution < 1.29 is 14.6 Å². The lowest BCUT2D eigenvalue weighted by atomic mass is 9.75. The molecule has 9 heteroatoms. The molecular formula is C19H26N4O4S. The summed E-state index contributed by atoms with van der Waals surface area (Å²) in [7, 11) is 0. The predicted molar refractivity (Wildman–Crippen MR) is 105 cm³/mol. The smallest absolute Gasteiger partial charge is 0.258 e. The van der Waals surface area contributed by atoms with Gasteiger partial charge in [0.2, 0.25) is 5.91 Å². The Morgan fingerprint density at radius 3 is 2.89 bits per heavy atom. The molecule has 0 bridgehead atoms. The molecule has 0 unspecified atom stereocenters. The van der Waals surface area contributed by atoms with Crippen LogP contribution in [0.2, 0.25) is 0 Å². The summed E-state index contributed by atoms with van der Waals surface area (Å²) in [6.07, 6.45) is 3.84. The number of hydrogen-bond donors (Lipinski definition) is 2. The van der Waals surface area contributed by atoms with Gasteiger partial charge in [-0.25, -0.2) is 4.98 Å². The number of carbonyl (C=O) groups is 1. The molecule has 4 rings (SSSR count). The van der Waals surface area contributed by atoms with E-state index in [2.05, 4.69) is 15.2 Å². The number of nitrogens with one attached hydrogen (secondary N) is 1. The van der Waals surface area contributed by atoms with Crippen LogP contribution >= 0.6 is 11.3 Å². The highest BCUT2D eigenvalue weighted by Gasteiger charge is 2.49. The summed E-state index contributed by atoms with van der Waals surface area (Å²) in [5.41, 5.74) is -0.622. The van der Waals surface area contributed by atoms with E-state index in [1.54, 1.807) is 23.6 Å². The molecule has 2 atom stereocenters. The zero-order valence-corrected chi connectivity index (χ0v) is 17.0. The Labute approximate surface area is 167 Å². The lowest BCUT2D eigenvalue weighted by molar-refractivity contribution is -0.189. The number of piperidine rings is 1. The van der Waals surface area contributed by atoms with E-state index >= 15 is 0 Å². The third-order valence-electron chi connectivity index (χ3n) is 5.87. The predicted octanol–water partition coefficient (Wildman–Crippen LogP) is 0.767. The molecule has 2 saturated heterocycles. The fourth-order valence-electron chi connectivity index (χ4n) is 4.35. The third kappa shape index (κ3) is 3.84. The minimum Gasteiger partial charge on any atom is -0.388 e. The van der Waals surface area contributed by atoms with E-state index in [0.717, 1.165) is 31.6 Å². The van der Waals surface area contributed by atoms with Crippen LogP contribution in [0.1, 0.15) is 38.8 Å². The molecule has 0 aliphatic carbocycles. The molecule has 2 aromatic rings. The maximum atomic E-state index is 12.2. The Morgan fingerprint density at radius 1 is 1.46 bits per heavy atom. The van der Waals surface area contributed by atoms with Gasteiger partial charge in [0.15, 0.2) is 4.96 Å². The standard InChI is InChI=1S/C19H26N4O4S/c1-13(24)20-15-11-27-19(12-18(15,2)26)3-5-22(6-4-19)10-14-9-16(25)23-7-8-28-17(23)21-14/h7-9,15,26H,3-6,10-12H2,1-2H3,(H,20,24)/t15-,18-/m0/s1. The summed E-state index contributed by atoms with van der Waals surface area (Å²) in [6.45, 7) is 5.80. The van der Waals surface area contributed by atoms with Gasteiger partial charge in [-0.3, -0.25) is 18.9 Å². The van der Waals surface area contributed by atoms with Crippen molar-refractivity contribution in [3.8, 4) is 0 Å². The molecule has 1 spiro atoms. The summed E-state index contributed by atoms with van der Waals surface area (Å²) in [6, 6.07) is 1.22. The lowest BCUT2D eigenvalue weighted by Gasteiger charge is -2.51. The van der Waals surface area contributed by atoms with Gasteiger partial charge in [0, 0.05) is 50.6 Å². The Bertz CT molecular complexity index is 929. The van der Waals surface area contributed by atoms with Gasteiger partial charge < -0.3 is 15.2 Å². The van der Waals surface area contributed by atoms with E-state index in [1.807, 2.05) is 5.38 Å². The van der Waals surface area contributed by atoms with Crippen LogP contribution in [0.25, 0.3) is 4.96 Å². The van der Waals surface area contributed by atoms with Gasteiger partial charge in [-0.1, -0.05) is 0 Å². The fraction of sp³-hybridized carbons (Fsp3) is 0.632. The minimum absolute atomic E-state index is 0.0506. The van der Waals surface area contributed by atoms with E-state index in [0.29, 0.717) is 24.5 Å². The Morgan fingerprint density at radius 2 is 2.21 bits per heavy atom. The quantitative estimate of drug-likeness (QED) is 0.782. The SMILES string of the molecule is CC(=O)N[C@H]1COC2(CCN(Cc3cc(=O)n4ccsc4n3)CC2)C[C@]1(C)O. The van der Waals surface area contributed by atoms with Crippen LogP contribution in [0.4, 0.5) is 0 Å². The molecule has 28 heavy (non-hydrogen) atoms. The average molecular weight is 407 g/mol. The summed E-state index contributed by atoms with van der Waals surface area (Å²) in [4.78, 5) is 31.1. The first-order valence-corrected chi connectivity index (χ1v) is 10.5. The summed E-state index contributed by atoms with van der Waals surface area (Å²) >= 11 is 1.45. The zero-order chi connectivity index (χ0) is 19.9. The van der Waals surface area contributed by atoms with Crippen LogP contribution in [0.5, 0.6) is 0 Å². The Hall–Kier alpha value is -1.81. The Kier molecular flexibility index (Phi) is 5.03. The first kappa shape index (κ1) is 19.5. The van der Waals surface area contributed by atoms with Crippen LogP contribution in [-0.2, 0) is 16.1 Å². The van der Waals surface area contributed by atoms with E-state index in [1.165, 1.54) is 18.3 Å². The van der Waals surface area contributed by atoms with Crippen molar-refractivity contribution in [2.75, 3.05) is 19.7 Å². The van der Waals surface area contributed by atoms with Crippen LogP contribution in [0.15, 0.2) is 22.4 Å². The minimum atomic E-state index is -0.994. The number of nitrogens with zero attached hydrogens (tertiary/aromatic N) is 3. The van der Waals surface area contributed by atoms with E-state index < -0.39 is 5.60 Å². The van der Waals surface area contributed by atoms with Gasteiger partial charge in [0.1, 0.15) is 0 Å². The number of carbonyl (C=O) groups excluding carboxylic acids is 1. The number of likely N-dealkylation sites (tertiary alicyclic amines) is 1. The number of ether oxygens (including phenoxy) is 1. The fourth-order valence-corrected chi connectivity index (χ4v) is 5.08. The normalized spacial score (nSPS) is 27.9. The second kappa shape index (κ2) is 7.22. The van der Waals surface area contributed by atoms with Crippen molar-refractivity contribution in [1.29, 1.82) is 0 Å². The number of aromatic nitrogens is 2. The highest BCUT2D eigenvalue weighted by molar-refractivity contribution is 7.15. The average Bonchev–Trinajstić information content (AvgIpc) is 3.08. The van der Waals surface area contributed by atoms with Gasteiger partial charge in [-0.05, 0) is 19.8 Å². The maximum Gasteiger partial charge on any atom is 0.258 e. The molecule has 0 saturated carbocycles. The molecule has 2 fully saturated rings. The molecule has 8 nitrogen and oxygen atoms in total. The van der Waals surface area contributed by atoms with Gasteiger partial charge in [-0.2, -0.15) is 0 Å². The zero-order valence-electron chi connectivity index (χ0n) is 16.2. The number of amides is 1. The molecule has 2 N–H and O–H groups in total. The van der Waals surface area contributed by atoms with Gasteiger partial charge in [0.05, 0.1) is 29.5 Å². The number of fused-ring (bicyclic) bond motifs is 1. The van der Waals surface area contributed by atoms with Crippen molar-refractivity contribution in [3.63, 3.8) is 0 Å². The van der Waals surface area contributed by atoms with Crippen LogP contribution in [-0.4, -0.2) is 62.2 Å². The van der Waals surface area contributed by atoms with Crippen LogP contribution < -0.4 is 10.9 Å². The monoisotopic (exact) mass is 406 g/mol. The summed E-state index contributed by atoms with van der Waals surface area (Å²) in [5.74, 6) is -0.161. The maximum absolute atomic E-state index is 12.2. The number of hydrogen-bond acceptors (Lipinski definition) is 7. The molecule has 1 amide bonds. The van der Waals surface area contributed by atoms with Crippen molar-refractivity contribution in [3.05, 3.63) is 33.7 Å². The first-order chi connectivity index (χ1) is 13.3. The molecule has 4 heterocycles. The molecule has 152 valence electrons. The molecule has 0 radical (unpaired) electrons. The van der Waals surface area contributed by atoms with Gasteiger partial charge >= 0.3 is 0 Å². The number of rotatable bonds is 3. The van der Waals surface area contributed by atoms with Crippen molar-refractivity contribution in [2.45, 2.75) is 56.9 Å².